The molecule has 27 heavy (non-hydrogen) atoms. The molecule has 0 unspecified atom stereocenters. The fraction of sp³-hybridized carbons (Fsp3) is 0.846. The molecule has 0 aromatic rings. The summed E-state index contributed by atoms with van der Waals surface area (Å²) in [6.07, 6.45) is 31.5. The molecule has 0 aromatic carbocycles. The molecule has 154 valence electrons. The molecule has 0 nitrogen and oxygen atoms in total. The summed E-state index contributed by atoms with van der Waals surface area (Å²) in [7, 11) is 0. The first-order valence-corrected chi connectivity index (χ1v) is 12.0. The van der Waals surface area contributed by atoms with E-state index in [0.717, 1.165) is 12.8 Å². The van der Waals surface area contributed by atoms with Crippen LogP contribution in [0.2, 0.25) is 0 Å². The Bertz CT molecular complexity index is 283. The van der Waals surface area contributed by atoms with E-state index < -0.39 is 0 Å². The van der Waals surface area contributed by atoms with Gasteiger partial charge in [-0.3, -0.25) is 0 Å². The number of hydrogen-bond acceptors (Lipinski definition) is 0. The third-order valence-corrected chi connectivity index (χ3v) is 5.04. The molecule has 0 amide bonds. The van der Waals surface area contributed by atoms with Crippen molar-refractivity contribution in [3.63, 3.8) is 0 Å². The van der Waals surface area contributed by atoms with Gasteiger partial charge in [0.25, 0.3) is 0 Å². The first-order chi connectivity index (χ1) is 12.8. The van der Waals surface area contributed by atoms with Crippen LogP contribution in [0.1, 0.15) is 143 Å². The molecule has 2 rings (SSSR count). The summed E-state index contributed by atoms with van der Waals surface area (Å²) in [5, 5.41) is 0. The van der Waals surface area contributed by atoms with Crippen molar-refractivity contribution in [1.29, 1.82) is 0 Å². The van der Waals surface area contributed by atoms with Gasteiger partial charge < -0.3 is 23.3 Å². The standard InChI is InChI=1S/C16H28.2C5H10.Zr/c1-5-9-13-15(11-7-3)16(12-8-4)14-10-6-2;2*1-2-4-5-3-1;/h5-12H2,1-4H3;2*1-5H2;/q-2;;;+4. The Labute approximate surface area is 192 Å². The molecule has 0 radical (unpaired) electrons. The van der Waals surface area contributed by atoms with Crippen LogP contribution in [0.4, 0.5) is 0 Å². The van der Waals surface area contributed by atoms with Crippen LogP contribution in [-0.2, 0) is 26.2 Å². The van der Waals surface area contributed by atoms with Crippen LogP contribution in [0.25, 0.3) is 0 Å². The molecule has 0 bridgehead atoms. The second-order valence-corrected chi connectivity index (χ2v) is 7.85. The molecule has 0 aliphatic heterocycles. The fourth-order valence-corrected chi connectivity index (χ4v) is 3.51. The zero-order chi connectivity index (χ0) is 19.3. The first-order valence-electron chi connectivity index (χ1n) is 12.0. The summed E-state index contributed by atoms with van der Waals surface area (Å²) >= 11 is 0. The first kappa shape index (κ1) is 29.6. The van der Waals surface area contributed by atoms with Crippen LogP contribution in [0, 0.1) is 12.2 Å². The van der Waals surface area contributed by atoms with Gasteiger partial charge in [-0.25, -0.2) is 0 Å². The van der Waals surface area contributed by atoms with Gasteiger partial charge in [0.1, 0.15) is 0 Å². The van der Waals surface area contributed by atoms with Crippen LogP contribution >= 0.6 is 0 Å². The van der Waals surface area contributed by atoms with Gasteiger partial charge in [0.15, 0.2) is 0 Å². The minimum Gasteiger partial charge on any atom is -0.373 e. The predicted octanol–water partition coefficient (Wildman–Crippen LogP) is 9.54. The van der Waals surface area contributed by atoms with E-state index in [2.05, 4.69) is 39.8 Å². The van der Waals surface area contributed by atoms with E-state index in [1.54, 1.807) is 0 Å². The van der Waals surface area contributed by atoms with Crippen molar-refractivity contribution in [3.05, 3.63) is 23.3 Å². The molecule has 0 spiro atoms. The van der Waals surface area contributed by atoms with Crippen molar-refractivity contribution in [1.82, 2.24) is 0 Å². The number of rotatable bonds is 9. The molecule has 2 aliphatic carbocycles. The van der Waals surface area contributed by atoms with E-state index in [0.29, 0.717) is 0 Å². The minimum absolute atomic E-state index is 0. The summed E-state index contributed by atoms with van der Waals surface area (Å²) in [6.45, 7) is 8.93. The molecule has 2 saturated carbocycles. The van der Waals surface area contributed by atoms with Gasteiger partial charge in [-0.15, -0.1) is 25.7 Å². The maximum atomic E-state index is 3.58. The Balaban J connectivity index is 0. The maximum Gasteiger partial charge on any atom is 4.00 e. The van der Waals surface area contributed by atoms with Crippen molar-refractivity contribution in [2.24, 2.45) is 0 Å². The van der Waals surface area contributed by atoms with E-state index in [4.69, 9.17) is 0 Å². The van der Waals surface area contributed by atoms with Crippen LogP contribution in [0.15, 0.2) is 11.1 Å². The SMILES string of the molecule is C1CCCC1.C1CCCC1.CCC[C-]=C(CCC)C(=[C-]CCC)CCC.[Zr+4]. The van der Waals surface area contributed by atoms with Crippen LogP contribution < -0.4 is 0 Å². The van der Waals surface area contributed by atoms with E-state index in [-0.39, 0.29) is 26.2 Å². The van der Waals surface area contributed by atoms with Crippen LogP contribution in [0.5, 0.6) is 0 Å². The molecule has 0 heterocycles. The van der Waals surface area contributed by atoms with Gasteiger partial charge in [0.2, 0.25) is 0 Å². The van der Waals surface area contributed by atoms with Crippen molar-refractivity contribution in [2.75, 3.05) is 0 Å². The van der Waals surface area contributed by atoms with Crippen molar-refractivity contribution in [3.8, 4) is 0 Å². The maximum absolute atomic E-state index is 3.58. The molecule has 2 fully saturated rings. The van der Waals surface area contributed by atoms with Crippen molar-refractivity contribution >= 4 is 0 Å². The van der Waals surface area contributed by atoms with Gasteiger partial charge in [0, 0.05) is 0 Å². The smallest absolute Gasteiger partial charge is 0.373 e. The summed E-state index contributed by atoms with van der Waals surface area (Å²) in [4.78, 5) is 0. The van der Waals surface area contributed by atoms with E-state index >= 15 is 0 Å². The molecular formula is C26H48Zr+2. The van der Waals surface area contributed by atoms with E-state index in [9.17, 15) is 0 Å². The Morgan fingerprint density at radius 3 is 0.926 bits per heavy atom. The zero-order valence-corrected chi connectivity index (χ0v) is 21.7. The Morgan fingerprint density at radius 1 is 0.481 bits per heavy atom. The van der Waals surface area contributed by atoms with Gasteiger partial charge in [-0.1, -0.05) is 118 Å². The molecule has 1 heteroatoms. The average Bonchev–Trinajstić information content (AvgIpc) is 3.40. The van der Waals surface area contributed by atoms with E-state index in [1.807, 2.05) is 0 Å². The van der Waals surface area contributed by atoms with Gasteiger partial charge in [-0.05, 0) is 0 Å². The molecular weight excluding hydrogens is 404 g/mol. The minimum atomic E-state index is 0. The third-order valence-electron chi connectivity index (χ3n) is 5.04. The average molecular weight is 452 g/mol. The Hall–Kier alpha value is 0.363. The summed E-state index contributed by atoms with van der Waals surface area (Å²) in [6, 6.07) is 0. The predicted molar refractivity (Wildman–Crippen MR) is 119 cm³/mol. The van der Waals surface area contributed by atoms with Gasteiger partial charge in [-0.2, -0.15) is 0 Å². The quantitative estimate of drug-likeness (QED) is 0.242. The Morgan fingerprint density at radius 2 is 0.741 bits per heavy atom. The molecule has 0 saturated heterocycles. The monoisotopic (exact) mass is 450 g/mol. The molecule has 0 atom stereocenters. The van der Waals surface area contributed by atoms with Crippen molar-refractivity contribution in [2.45, 2.75) is 143 Å². The number of unbranched alkanes of at least 4 members (excludes halogenated alkanes) is 2. The second-order valence-electron chi connectivity index (χ2n) is 7.85. The van der Waals surface area contributed by atoms with Gasteiger partial charge in [0.05, 0.1) is 0 Å². The number of hydrogen-bond donors (Lipinski definition) is 0. The fourth-order valence-electron chi connectivity index (χ4n) is 3.51. The zero-order valence-electron chi connectivity index (χ0n) is 19.2. The van der Waals surface area contributed by atoms with Crippen LogP contribution in [-0.4, -0.2) is 0 Å². The topological polar surface area (TPSA) is 0 Å². The van der Waals surface area contributed by atoms with E-state index in [1.165, 1.54) is 114 Å². The summed E-state index contributed by atoms with van der Waals surface area (Å²) in [5.74, 6) is 0. The third kappa shape index (κ3) is 19.5. The normalized spacial score (nSPS) is 16.7. The second kappa shape index (κ2) is 24.4. The molecule has 0 N–H and O–H groups in total. The molecule has 2 aliphatic rings. The van der Waals surface area contributed by atoms with Gasteiger partial charge >= 0.3 is 26.2 Å². The van der Waals surface area contributed by atoms with Crippen LogP contribution in [0.3, 0.4) is 0 Å². The largest absolute Gasteiger partial charge is 4.00 e. The summed E-state index contributed by atoms with van der Waals surface area (Å²) < 4.78 is 0. The van der Waals surface area contributed by atoms with Crippen molar-refractivity contribution < 1.29 is 26.2 Å². The molecule has 0 aromatic heterocycles. The number of allylic oxidation sites excluding steroid dienone is 4. The Kier molecular flexibility index (Phi) is 26.7. The summed E-state index contributed by atoms with van der Waals surface area (Å²) in [5.41, 5.74) is 2.89.